The third-order valence-corrected chi connectivity index (χ3v) is 5.87. The highest BCUT2D eigenvalue weighted by Crippen LogP contribution is 2.37. The number of alkyl halides is 3. The minimum atomic E-state index is -4.42. The summed E-state index contributed by atoms with van der Waals surface area (Å²) in [5.41, 5.74) is 3.48. The Morgan fingerprint density at radius 2 is 1.83 bits per heavy atom. The average Bonchev–Trinajstić information content (AvgIpc) is 3.08. The Hall–Kier alpha value is -4.01. The molecule has 0 fully saturated rings. The number of rotatable bonds is 7. The molecule has 0 saturated carbocycles. The molecule has 0 bridgehead atoms. The molecule has 0 saturated heterocycles. The van der Waals surface area contributed by atoms with E-state index in [2.05, 4.69) is 28.3 Å². The van der Waals surface area contributed by atoms with E-state index in [9.17, 15) is 13.2 Å². The van der Waals surface area contributed by atoms with Crippen LogP contribution in [0.15, 0.2) is 67.1 Å². The summed E-state index contributed by atoms with van der Waals surface area (Å²) >= 11 is 0. The van der Waals surface area contributed by atoms with Gasteiger partial charge < -0.3 is 19.5 Å². The summed E-state index contributed by atoms with van der Waals surface area (Å²) in [7, 11) is 3.17. The lowest BCUT2D eigenvalue weighted by Gasteiger charge is -2.17. The minimum absolute atomic E-state index is 0.0322. The molecular weight excluding hydrogens is 471 g/mol. The SMILES string of the molecule is COc1ccc(C2=CCC(C)C(c3ccc(OCc4ccc(C(F)(F)F)cn4)cc3OC)=CN2)cn1. The van der Waals surface area contributed by atoms with Gasteiger partial charge in [-0.05, 0) is 48.2 Å². The number of allylic oxidation sites excluding steroid dienone is 2. The lowest BCUT2D eigenvalue weighted by molar-refractivity contribution is -0.137. The molecule has 1 N–H and O–H groups in total. The van der Waals surface area contributed by atoms with E-state index in [0.717, 1.165) is 41.1 Å². The number of halogens is 3. The van der Waals surface area contributed by atoms with Crippen molar-refractivity contribution in [2.75, 3.05) is 14.2 Å². The maximum Gasteiger partial charge on any atom is 0.417 e. The quantitative estimate of drug-likeness (QED) is 0.425. The van der Waals surface area contributed by atoms with Crippen LogP contribution >= 0.6 is 0 Å². The van der Waals surface area contributed by atoms with Gasteiger partial charge in [-0.2, -0.15) is 13.2 Å². The lowest BCUT2D eigenvalue weighted by atomic mass is 9.91. The van der Waals surface area contributed by atoms with Crippen molar-refractivity contribution in [3.63, 3.8) is 0 Å². The molecule has 0 amide bonds. The second-order valence-corrected chi connectivity index (χ2v) is 8.27. The highest BCUT2D eigenvalue weighted by molar-refractivity contribution is 5.76. The lowest BCUT2D eigenvalue weighted by Crippen LogP contribution is -2.07. The van der Waals surface area contributed by atoms with Gasteiger partial charge in [-0.25, -0.2) is 4.98 Å². The number of hydrogen-bond donors (Lipinski definition) is 1. The Labute approximate surface area is 207 Å². The minimum Gasteiger partial charge on any atom is -0.496 e. The second kappa shape index (κ2) is 10.7. The topological polar surface area (TPSA) is 65.5 Å². The van der Waals surface area contributed by atoms with E-state index in [1.807, 2.05) is 30.5 Å². The molecule has 0 spiro atoms. The first-order valence-corrected chi connectivity index (χ1v) is 11.3. The Balaban J connectivity index is 1.48. The van der Waals surface area contributed by atoms with Gasteiger partial charge in [0, 0.05) is 47.6 Å². The van der Waals surface area contributed by atoms with Crippen molar-refractivity contribution >= 4 is 11.3 Å². The van der Waals surface area contributed by atoms with E-state index in [0.29, 0.717) is 23.1 Å². The third-order valence-electron chi connectivity index (χ3n) is 5.87. The molecule has 1 aromatic carbocycles. The number of hydrogen-bond acceptors (Lipinski definition) is 6. The van der Waals surface area contributed by atoms with Crippen LogP contribution in [0.4, 0.5) is 13.2 Å². The molecular formula is C27H26F3N3O3. The number of benzene rings is 1. The summed E-state index contributed by atoms with van der Waals surface area (Å²) < 4.78 is 54.7. The van der Waals surface area contributed by atoms with Gasteiger partial charge in [-0.1, -0.05) is 13.0 Å². The number of nitrogens with zero attached hydrogens (tertiary/aromatic N) is 2. The predicted octanol–water partition coefficient (Wildman–Crippen LogP) is 6.10. The summed E-state index contributed by atoms with van der Waals surface area (Å²) in [5.74, 6) is 1.91. The number of ether oxygens (including phenoxy) is 3. The van der Waals surface area contributed by atoms with E-state index in [-0.39, 0.29) is 12.5 Å². The van der Waals surface area contributed by atoms with Gasteiger partial charge in [0.05, 0.1) is 25.5 Å². The van der Waals surface area contributed by atoms with Gasteiger partial charge in [-0.15, -0.1) is 0 Å². The van der Waals surface area contributed by atoms with E-state index in [4.69, 9.17) is 14.2 Å². The Morgan fingerprint density at radius 1 is 1.00 bits per heavy atom. The van der Waals surface area contributed by atoms with Crippen molar-refractivity contribution in [1.29, 1.82) is 0 Å². The zero-order valence-corrected chi connectivity index (χ0v) is 20.1. The largest absolute Gasteiger partial charge is 0.496 e. The van der Waals surface area contributed by atoms with Crippen molar-refractivity contribution in [3.8, 4) is 17.4 Å². The fourth-order valence-electron chi connectivity index (χ4n) is 3.82. The zero-order chi connectivity index (χ0) is 25.7. The van der Waals surface area contributed by atoms with Gasteiger partial charge in [-0.3, -0.25) is 4.98 Å². The van der Waals surface area contributed by atoms with Gasteiger partial charge >= 0.3 is 6.18 Å². The standard InChI is InChI=1S/C27H26F3N3O3/c1-17-4-10-24(18-5-11-26(35-3)33-13-18)32-15-23(17)22-9-8-21(12-25(22)34-2)36-16-20-7-6-19(14-31-20)27(28,29)30/h5-15,17,32H,4,16H2,1-3H3. The van der Waals surface area contributed by atoms with Crippen molar-refractivity contribution in [2.24, 2.45) is 5.92 Å². The Bertz CT molecular complexity index is 1250. The van der Waals surface area contributed by atoms with Crippen LogP contribution in [0.5, 0.6) is 17.4 Å². The monoisotopic (exact) mass is 497 g/mol. The maximum absolute atomic E-state index is 12.7. The molecule has 2 aromatic heterocycles. The van der Waals surface area contributed by atoms with Gasteiger partial charge in [0.15, 0.2) is 0 Å². The summed E-state index contributed by atoms with van der Waals surface area (Å²) in [5, 5.41) is 3.39. The van der Waals surface area contributed by atoms with Crippen LogP contribution in [-0.2, 0) is 12.8 Å². The molecule has 4 rings (SSSR count). The maximum atomic E-state index is 12.7. The molecule has 0 radical (unpaired) electrons. The van der Waals surface area contributed by atoms with Crippen LogP contribution in [0.1, 0.15) is 35.7 Å². The van der Waals surface area contributed by atoms with E-state index >= 15 is 0 Å². The first-order valence-electron chi connectivity index (χ1n) is 11.3. The molecule has 3 aromatic rings. The van der Waals surface area contributed by atoms with Gasteiger partial charge in [0.1, 0.15) is 18.1 Å². The smallest absolute Gasteiger partial charge is 0.417 e. The van der Waals surface area contributed by atoms with Crippen LogP contribution in [0.25, 0.3) is 11.3 Å². The molecule has 3 heterocycles. The van der Waals surface area contributed by atoms with E-state index < -0.39 is 11.7 Å². The predicted molar refractivity (Wildman–Crippen MR) is 130 cm³/mol. The Morgan fingerprint density at radius 3 is 2.47 bits per heavy atom. The zero-order valence-electron chi connectivity index (χ0n) is 20.1. The van der Waals surface area contributed by atoms with Crippen LogP contribution < -0.4 is 19.5 Å². The normalized spacial score (nSPS) is 15.8. The number of methoxy groups -OCH3 is 2. The molecule has 1 atom stereocenters. The third kappa shape index (κ3) is 5.79. The first kappa shape index (κ1) is 25.1. The number of nitrogens with one attached hydrogen (secondary N) is 1. The van der Waals surface area contributed by atoms with Gasteiger partial charge in [0.2, 0.25) is 5.88 Å². The van der Waals surface area contributed by atoms with Crippen LogP contribution in [0.3, 0.4) is 0 Å². The summed E-state index contributed by atoms with van der Waals surface area (Å²) in [6, 6.07) is 11.6. The summed E-state index contributed by atoms with van der Waals surface area (Å²) in [4.78, 5) is 8.12. The van der Waals surface area contributed by atoms with Crippen molar-refractivity contribution in [1.82, 2.24) is 15.3 Å². The molecule has 188 valence electrons. The molecule has 1 aliphatic rings. The number of aromatic nitrogens is 2. The highest BCUT2D eigenvalue weighted by Gasteiger charge is 2.30. The van der Waals surface area contributed by atoms with Crippen molar-refractivity contribution in [3.05, 3.63) is 89.5 Å². The van der Waals surface area contributed by atoms with Crippen LogP contribution in [0.2, 0.25) is 0 Å². The molecule has 36 heavy (non-hydrogen) atoms. The summed E-state index contributed by atoms with van der Waals surface area (Å²) in [6.45, 7) is 2.17. The van der Waals surface area contributed by atoms with Crippen molar-refractivity contribution in [2.45, 2.75) is 26.1 Å². The molecule has 1 unspecified atom stereocenters. The van der Waals surface area contributed by atoms with Crippen LogP contribution in [0, 0.1) is 5.92 Å². The average molecular weight is 498 g/mol. The van der Waals surface area contributed by atoms with E-state index in [1.54, 1.807) is 26.5 Å². The Kier molecular flexibility index (Phi) is 7.47. The van der Waals surface area contributed by atoms with Gasteiger partial charge in [0.25, 0.3) is 0 Å². The van der Waals surface area contributed by atoms with Crippen LogP contribution in [-0.4, -0.2) is 24.2 Å². The molecule has 9 heteroatoms. The van der Waals surface area contributed by atoms with Crippen molar-refractivity contribution < 1.29 is 27.4 Å². The van der Waals surface area contributed by atoms with E-state index in [1.165, 1.54) is 6.07 Å². The molecule has 1 aliphatic heterocycles. The molecule has 0 aliphatic carbocycles. The highest BCUT2D eigenvalue weighted by atomic mass is 19.4. The second-order valence-electron chi connectivity index (χ2n) is 8.27. The fraction of sp³-hybridized carbons (Fsp3) is 0.259. The fourth-order valence-corrected chi connectivity index (χ4v) is 3.82. The first-order chi connectivity index (χ1) is 17.3. The molecule has 6 nitrogen and oxygen atoms in total. The summed E-state index contributed by atoms with van der Waals surface area (Å²) in [6.07, 6.45) is 3.06. The number of pyridine rings is 2.